The van der Waals surface area contributed by atoms with E-state index >= 15 is 0 Å². The van der Waals surface area contributed by atoms with E-state index < -0.39 is 23.5 Å². The maximum atomic E-state index is 13.7. The summed E-state index contributed by atoms with van der Waals surface area (Å²) in [6, 6.07) is 11.8. The summed E-state index contributed by atoms with van der Waals surface area (Å²) in [6.07, 6.45) is 1.40. The minimum atomic E-state index is -0.963. The molecule has 0 aliphatic heterocycles. The van der Waals surface area contributed by atoms with Gasteiger partial charge in [-0.3, -0.25) is 4.79 Å². The van der Waals surface area contributed by atoms with E-state index in [9.17, 15) is 14.0 Å². The van der Waals surface area contributed by atoms with Crippen LogP contribution in [0.15, 0.2) is 59.5 Å². The van der Waals surface area contributed by atoms with Crippen LogP contribution in [0.2, 0.25) is 0 Å². The van der Waals surface area contributed by atoms with Crippen molar-refractivity contribution in [2.24, 2.45) is 0 Å². The highest BCUT2D eigenvalue weighted by atomic mass is 19.1. The van der Waals surface area contributed by atoms with Crippen LogP contribution in [0, 0.1) is 5.82 Å². The predicted molar refractivity (Wildman–Crippen MR) is 98.0 cm³/mol. The van der Waals surface area contributed by atoms with Crippen LogP contribution in [-0.2, 0) is 4.79 Å². The Morgan fingerprint density at radius 1 is 1.19 bits per heavy atom. The van der Waals surface area contributed by atoms with Gasteiger partial charge in [-0.15, -0.1) is 0 Å². The molecule has 3 aromatic rings. The van der Waals surface area contributed by atoms with E-state index in [-0.39, 0.29) is 5.69 Å². The zero-order chi connectivity index (χ0) is 19.4. The molecule has 0 spiro atoms. The Morgan fingerprint density at radius 2 is 1.89 bits per heavy atom. The molecule has 1 atom stereocenters. The molecule has 0 saturated carbocycles. The maximum Gasteiger partial charge on any atom is 0.365 e. The topological polar surface area (TPSA) is 86.1 Å². The first-order valence-corrected chi connectivity index (χ1v) is 8.15. The average Bonchev–Trinajstić information content (AvgIpc) is 2.69. The SMILES string of the molecule is COc1ccc(-c2cnn([C@@H](C)C(=O)Nc3ccccc3F)c(=O)n2)cc1. The summed E-state index contributed by atoms with van der Waals surface area (Å²) in [5.74, 6) is -0.460. The number of hydrogen-bond acceptors (Lipinski definition) is 5. The van der Waals surface area contributed by atoms with E-state index in [1.807, 2.05) is 0 Å². The highest BCUT2D eigenvalue weighted by Gasteiger charge is 2.19. The van der Waals surface area contributed by atoms with E-state index in [1.54, 1.807) is 37.4 Å². The van der Waals surface area contributed by atoms with Crippen molar-refractivity contribution in [3.8, 4) is 17.0 Å². The second-order valence-electron chi connectivity index (χ2n) is 5.74. The van der Waals surface area contributed by atoms with Crippen molar-refractivity contribution in [2.75, 3.05) is 12.4 Å². The number of amides is 1. The van der Waals surface area contributed by atoms with E-state index in [2.05, 4.69) is 15.4 Å². The van der Waals surface area contributed by atoms with Crippen molar-refractivity contribution in [3.05, 3.63) is 71.0 Å². The van der Waals surface area contributed by atoms with Crippen molar-refractivity contribution in [2.45, 2.75) is 13.0 Å². The quantitative estimate of drug-likeness (QED) is 0.748. The summed E-state index contributed by atoms with van der Waals surface area (Å²) in [5.41, 5.74) is 0.418. The summed E-state index contributed by atoms with van der Waals surface area (Å²) in [4.78, 5) is 28.6. The Bertz CT molecular complexity index is 1020. The van der Waals surface area contributed by atoms with Crippen LogP contribution in [-0.4, -0.2) is 27.8 Å². The number of methoxy groups -OCH3 is 1. The van der Waals surface area contributed by atoms with Crippen LogP contribution < -0.4 is 15.7 Å². The summed E-state index contributed by atoms with van der Waals surface area (Å²) < 4.78 is 19.7. The molecule has 1 heterocycles. The van der Waals surface area contributed by atoms with Crippen LogP contribution in [0.1, 0.15) is 13.0 Å². The Kier molecular flexibility index (Phi) is 5.25. The van der Waals surface area contributed by atoms with Crippen molar-refractivity contribution < 1.29 is 13.9 Å². The summed E-state index contributed by atoms with van der Waals surface area (Å²) in [5, 5.41) is 6.48. The average molecular weight is 368 g/mol. The molecule has 7 nitrogen and oxygen atoms in total. The molecule has 0 unspecified atom stereocenters. The fourth-order valence-corrected chi connectivity index (χ4v) is 2.43. The lowest BCUT2D eigenvalue weighted by atomic mass is 10.1. The lowest BCUT2D eigenvalue weighted by Gasteiger charge is -2.14. The molecule has 0 fully saturated rings. The Hall–Kier alpha value is -3.55. The monoisotopic (exact) mass is 368 g/mol. The molecular formula is C19H17FN4O3. The third kappa shape index (κ3) is 4.00. The maximum absolute atomic E-state index is 13.7. The van der Waals surface area contributed by atoms with Gasteiger partial charge in [-0.25, -0.2) is 13.9 Å². The second-order valence-corrected chi connectivity index (χ2v) is 5.74. The Labute approximate surface area is 154 Å². The molecule has 138 valence electrons. The summed E-state index contributed by atoms with van der Waals surface area (Å²) in [7, 11) is 1.56. The van der Waals surface area contributed by atoms with E-state index in [0.29, 0.717) is 17.0 Å². The molecule has 0 bridgehead atoms. The molecule has 0 aliphatic rings. The van der Waals surface area contributed by atoms with Gasteiger partial charge in [0.1, 0.15) is 17.6 Å². The molecule has 8 heteroatoms. The number of hydrogen-bond donors (Lipinski definition) is 1. The molecule has 2 aromatic carbocycles. The van der Waals surface area contributed by atoms with Gasteiger partial charge in [-0.05, 0) is 43.3 Å². The fourth-order valence-electron chi connectivity index (χ4n) is 2.43. The molecule has 0 saturated heterocycles. The smallest absolute Gasteiger partial charge is 0.365 e. The second kappa shape index (κ2) is 7.77. The lowest BCUT2D eigenvalue weighted by Crippen LogP contribution is -2.35. The zero-order valence-corrected chi connectivity index (χ0v) is 14.7. The number of carbonyl (C=O) groups is 1. The van der Waals surface area contributed by atoms with Crippen LogP contribution in [0.3, 0.4) is 0 Å². The van der Waals surface area contributed by atoms with Gasteiger partial charge in [-0.1, -0.05) is 12.1 Å². The van der Waals surface area contributed by atoms with E-state index in [0.717, 1.165) is 4.68 Å². The van der Waals surface area contributed by atoms with Crippen molar-refractivity contribution in [1.29, 1.82) is 0 Å². The Balaban J connectivity index is 1.81. The predicted octanol–water partition coefficient (Wildman–Crippen LogP) is 2.65. The highest BCUT2D eigenvalue weighted by molar-refractivity contribution is 5.93. The van der Waals surface area contributed by atoms with Gasteiger partial charge in [-0.2, -0.15) is 10.1 Å². The largest absolute Gasteiger partial charge is 0.497 e. The number of nitrogens with zero attached hydrogens (tertiary/aromatic N) is 3. The van der Waals surface area contributed by atoms with Crippen molar-refractivity contribution >= 4 is 11.6 Å². The van der Waals surface area contributed by atoms with Crippen LogP contribution in [0.5, 0.6) is 5.75 Å². The van der Waals surface area contributed by atoms with Gasteiger partial charge >= 0.3 is 5.69 Å². The van der Waals surface area contributed by atoms with Gasteiger partial charge in [0.25, 0.3) is 0 Å². The van der Waals surface area contributed by atoms with Gasteiger partial charge in [0.15, 0.2) is 0 Å². The zero-order valence-electron chi connectivity index (χ0n) is 14.7. The van der Waals surface area contributed by atoms with Crippen LogP contribution in [0.25, 0.3) is 11.3 Å². The van der Waals surface area contributed by atoms with Crippen LogP contribution in [0.4, 0.5) is 10.1 Å². The molecule has 3 rings (SSSR count). The Morgan fingerprint density at radius 3 is 2.52 bits per heavy atom. The summed E-state index contributed by atoms with van der Waals surface area (Å²) in [6.45, 7) is 1.49. The number of aromatic nitrogens is 3. The van der Waals surface area contributed by atoms with Crippen molar-refractivity contribution in [3.63, 3.8) is 0 Å². The number of nitrogens with one attached hydrogen (secondary N) is 1. The lowest BCUT2D eigenvalue weighted by molar-refractivity contribution is -0.119. The van der Waals surface area contributed by atoms with Gasteiger partial charge < -0.3 is 10.1 Å². The first-order chi connectivity index (χ1) is 13.0. The number of para-hydroxylation sites is 1. The molecule has 1 amide bonds. The molecule has 1 N–H and O–H groups in total. The molecule has 27 heavy (non-hydrogen) atoms. The number of carbonyl (C=O) groups excluding carboxylic acids is 1. The number of benzene rings is 2. The molecular weight excluding hydrogens is 351 g/mol. The number of rotatable bonds is 5. The number of halogens is 1. The third-order valence-corrected chi connectivity index (χ3v) is 3.98. The molecule has 0 radical (unpaired) electrons. The van der Waals surface area contributed by atoms with E-state index in [1.165, 1.54) is 31.3 Å². The first kappa shape index (κ1) is 18.2. The standard InChI is InChI=1S/C19H17FN4O3/c1-12(18(25)22-16-6-4-3-5-15(16)20)24-19(26)23-17(11-21-24)13-7-9-14(27-2)10-8-13/h3-12H,1-2H3,(H,22,25)/t12-/m0/s1. The molecule has 0 aliphatic carbocycles. The normalized spacial score (nSPS) is 11.7. The fraction of sp³-hybridized carbons (Fsp3) is 0.158. The minimum absolute atomic E-state index is 0.0326. The first-order valence-electron chi connectivity index (χ1n) is 8.15. The number of ether oxygens (including phenoxy) is 1. The van der Waals surface area contributed by atoms with Crippen LogP contribution >= 0.6 is 0 Å². The number of anilines is 1. The summed E-state index contributed by atoms with van der Waals surface area (Å²) >= 11 is 0. The van der Waals surface area contributed by atoms with Gasteiger partial charge in [0.2, 0.25) is 5.91 Å². The minimum Gasteiger partial charge on any atom is -0.497 e. The molecule has 1 aromatic heterocycles. The van der Waals surface area contributed by atoms with Gasteiger partial charge in [0.05, 0.1) is 24.7 Å². The van der Waals surface area contributed by atoms with Crippen molar-refractivity contribution in [1.82, 2.24) is 14.8 Å². The van der Waals surface area contributed by atoms with E-state index in [4.69, 9.17) is 4.74 Å². The highest BCUT2D eigenvalue weighted by Crippen LogP contribution is 2.19. The third-order valence-electron chi connectivity index (χ3n) is 3.98. The van der Waals surface area contributed by atoms with Gasteiger partial charge in [0, 0.05) is 5.56 Å².